The molecule has 26 nitrogen and oxygen atoms in total. The topological polar surface area (TPSA) is 404 Å². The number of carbonyl (C=O) groups excluding carboxylic acids is 9. The van der Waals surface area contributed by atoms with Crippen molar-refractivity contribution in [1.82, 2.24) is 52.0 Å². The van der Waals surface area contributed by atoms with Crippen molar-refractivity contribution < 1.29 is 73.5 Å². The van der Waals surface area contributed by atoms with Crippen molar-refractivity contribution in [2.24, 2.45) is 17.6 Å². The van der Waals surface area contributed by atoms with Gasteiger partial charge in [0.1, 0.15) is 59.8 Å². The summed E-state index contributed by atoms with van der Waals surface area (Å²) < 4.78 is 0. The minimum atomic E-state index is -1.78. The standard InChI is InChI=1S/C66H87N11O15/c1-40(2)30-55-65(90)77(37-59(84)70-56(66(91)92)33-43-17-23-49(82)24-18-43)29-9-8-28-76(3)27-7-6-10-44(35-68-46(38-78)31-41-13-19-47(80)20-14-41)60(85)72-54(34-45-36-69-51-12-5-4-11-50(45)51)63(88)75-57(39-79)64(89)71-52(25-26-58(67)83)61(86)73-53(62(87)74-55)32-42-15-21-48(81)22-16-42/h4-5,11-24,36,38,40,44,46,52-57,68-69,79-82H,6-10,25-35,37,39H2,1-3H3,(H2,67,83)(H,70,84)(H,71,89)(H,72,85)(H,73,86)(H,74,87)(H,75,88)(H,91,92)/t44-,46+,52+,53?,54+,55+,56+,57?/m1/s1. The van der Waals surface area contributed by atoms with E-state index in [-0.39, 0.29) is 74.8 Å². The van der Waals surface area contributed by atoms with Crippen molar-refractivity contribution in [3.63, 3.8) is 0 Å². The second-order valence-corrected chi connectivity index (χ2v) is 23.9. The van der Waals surface area contributed by atoms with Gasteiger partial charge in [0.25, 0.3) is 0 Å². The Morgan fingerprint density at radius 3 is 1.77 bits per heavy atom. The average Bonchev–Trinajstić information content (AvgIpc) is 1.98. The van der Waals surface area contributed by atoms with Crippen molar-refractivity contribution in [2.45, 2.75) is 133 Å². The number of phenolic OH excluding ortho intramolecular Hbond substituents is 3. The SMILES string of the molecule is CC(C)C[C@@H]1NC(=O)C(Cc2ccc(O)cc2)NC(=O)[C@H](CCC(N)=O)NC(=O)C(CO)NC(=O)[C@H](Cc2c[nH]c3ccccc23)NC(=O)[C@@H](CN[C@H](C=O)Cc2ccc(O)cc2)CCCCN(C)CCCCN(CC(=O)N[C@@H](Cc2ccc(O)cc2)C(=O)O)C1=O. The van der Waals surface area contributed by atoms with Gasteiger partial charge >= 0.3 is 5.97 Å². The molecule has 0 aliphatic carbocycles. The molecule has 8 atom stereocenters. The van der Waals surface area contributed by atoms with Crippen LogP contribution in [0.15, 0.2) is 103 Å². The highest BCUT2D eigenvalue weighted by atomic mass is 16.4. The summed E-state index contributed by atoms with van der Waals surface area (Å²) >= 11 is 0. The number of hydrogen-bond donors (Lipinski definition) is 14. The molecule has 92 heavy (non-hydrogen) atoms. The lowest BCUT2D eigenvalue weighted by Crippen LogP contribution is -2.60. The van der Waals surface area contributed by atoms with Crippen LogP contribution in [0.1, 0.15) is 87.5 Å². The molecule has 4 aromatic carbocycles. The van der Waals surface area contributed by atoms with Crippen molar-refractivity contribution in [3.8, 4) is 17.2 Å². The van der Waals surface area contributed by atoms with E-state index in [4.69, 9.17) is 5.73 Å². The Bertz CT molecular complexity index is 3290. The van der Waals surface area contributed by atoms with Gasteiger partial charge in [-0.3, -0.25) is 38.4 Å². The maximum Gasteiger partial charge on any atom is 0.326 e. The minimum absolute atomic E-state index is 0.0153. The number of nitrogens with zero attached hydrogens (tertiary/aromatic N) is 2. The molecule has 1 aromatic heterocycles. The zero-order valence-electron chi connectivity index (χ0n) is 52.1. The molecule has 0 spiro atoms. The quantitative estimate of drug-likeness (QED) is 0.0435. The molecule has 1 aliphatic heterocycles. The number of carboxylic acids is 1. The number of aromatic nitrogens is 1. The summed E-state index contributed by atoms with van der Waals surface area (Å²) in [7, 11) is 1.90. The number of aliphatic hydroxyl groups is 1. The van der Waals surface area contributed by atoms with E-state index in [1.807, 2.05) is 25.2 Å². The average molecular weight is 1270 g/mol. The molecule has 2 heterocycles. The minimum Gasteiger partial charge on any atom is -0.508 e. The number of phenols is 3. The zero-order chi connectivity index (χ0) is 66.9. The highest BCUT2D eigenvalue weighted by Crippen LogP contribution is 2.22. The fraction of sp³-hybridized carbons (Fsp3) is 0.455. The van der Waals surface area contributed by atoms with E-state index in [2.05, 4.69) is 47.1 Å². The number of carboxylic acid groups (broad SMARTS) is 1. The molecule has 0 saturated carbocycles. The van der Waals surface area contributed by atoms with Gasteiger partial charge in [-0.2, -0.15) is 0 Å². The van der Waals surface area contributed by atoms with Gasteiger partial charge in [-0.1, -0.05) is 74.9 Å². The maximum atomic E-state index is 15.0. The fourth-order valence-electron chi connectivity index (χ4n) is 10.8. The summed E-state index contributed by atoms with van der Waals surface area (Å²) in [5, 5.41) is 70.6. The molecule has 0 radical (unpaired) electrons. The number of nitrogens with one attached hydrogen (secondary N) is 8. The number of carbonyl (C=O) groups is 10. The van der Waals surface area contributed by atoms with Crippen LogP contribution in [0.4, 0.5) is 0 Å². The van der Waals surface area contributed by atoms with Crippen molar-refractivity contribution >= 4 is 70.4 Å². The van der Waals surface area contributed by atoms with Crippen LogP contribution in [-0.2, 0) is 73.6 Å². The number of aliphatic carboxylic acids is 1. The number of nitrogens with two attached hydrogens (primary N) is 1. The third kappa shape index (κ3) is 23.1. The molecule has 5 aromatic rings. The van der Waals surface area contributed by atoms with Gasteiger partial charge in [-0.15, -0.1) is 0 Å². The van der Waals surface area contributed by atoms with Gasteiger partial charge < -0.3 is 88.1 Å². The summed E-state index contributed by atoms with van der Waals surface area (Å²) in [5.41, 5.74) is 8.55. The number of amides is 8. The summed E-state index contributed by atoms with van der Waals surface area (Å²) in [5.74, 6) is -9.46. The molecule has 1 aliphatic rings. The van der Waals surface area contributed by atoms with Gasteiger partial charge in [0, 0.05) is 55.9 Å². The smallest absolute Gasteiger partial charge is 0.326 e. The van der Waals surface area contributed by atoms with E-state index in [1.54, 1.807) is 38.2 Å². The van der Waals surface area contributed by atoms with Crippen LogP contribution in [-0.4, -0.2) is 189 Å². The van der Waals surface area contributed by atoms with E-state index in [1.165, 1.54) is 65.6 Å². The normalized spacial score (nSPS) is 20.8. The summed E-state index contributed by atoms with van der Waals surface area (Å²) in [6, 6.07) is 15.2. The van der Waals surface area contributed by atoms with Gasteiger partial charge in [0.15, 0.2) is 0 Å². The van der Waals surface area contributed by atoms with Crippen molar-refractivity contribution in [3.05, 3.63) is 126 Å². The highest BCUT2D eigenvalue weighted by Gasteiger charge is 2.36. The molecule has 15 N–H and O–H groups in total. The lowest BCUT2D eigenvalue weighted by atomic mass is 9.97. The number of rotatable bonds is 22. The second kappa shape index (κ2) is 35.9. The summed E-state index contributed by atoms with van der Waals surface area (Å²) in [6.45, 7) is 2.96. The van der Waals surface area contributed by atoms with Crippen LogP contribution in [0.2, 0.25) is 0 Å². The van der Waals surface area contributed by atoms with E-state index >= 15 is 4.79 Å². The van der Waals surface area contributed by atoms with Crippen LogP contribution >= 0.6 is 0 Å². The van der Waals surface area contributed by atoms with E-state index in [0.717, 1.165) is 22.8 Å². The maximum absolute atomic E-state index is 15.0. The van der Waals surface area contributed by atoms with Crippen LogP contribution < -0.4 is 43.0 Å². The number of aliphatic hydroxyl groups excluding tert-OH is 1. The first-order valence-corrected chi connectivity index (χ1v) is 31.0. The Morgan fingerprint density at radius 1 is 0.652 bits per heavy atom. The van der Waals surface area contributed by atoms with Crippen LogP contribution in [0, 0.1) is 11.8 Å². The first-order chi connectivity index (χ1) is 44.0. The largest absolute Gasteiger partial charge is 0.508 e. The third-order valence-corrected chi connectivity index (χ3v) is 16.0. The fourth-order valence-corrected chi connectivity index (χ4v) is 10.8. The van der Waals surface area contributed by atoms with Crippen LogP contribution in [0.25, 0.3) is 10.9 Å². The third-order valence-electron chi connectivity index (χ3n) is 16.0. The Labute approximate surface area is 533 Å². The number of H-pyrrole nitrogens is 1. The Morgan fingerprint density at radius 2 is 1.17 bits per heavy atom. The van der Waals surface area contributed by atoms with Gasteiger partial charge in [0.2, 0.25) is 47.3 Å². The molecule has 8 amide bonds. The zero-order valence-corrected chi connectivity index (χ0v) is 52.1. The van der Waals surface area contributed by atoms with Gasteiger partial charge in [-0.25, -0.2) is 4.79 Å². The van der Waals surface area contributed by atoms with Crippen molar-refractivity contribution in [1.29, 1.82) is 0 Å². The monoisotopic (exact) mass is 1270 g/mol. The highest BCUT2D eigenvalue weighted by molar-refractivity contribution is 5.98. The summed E-state index contributed by atoms with van der Waals surface area (Å²) in [4.78, 5) is 146. The Balaban J connectivity index is 1.35. The lowest BCUT2D eigenvalue weighted by Gasteiger charge is -2.31. The number of aromatic amines is 1. The molecule has 1 fully saturated rings. The molecule has 26 heteroatoms. The van der Waals surface area contributed by atoms with Crippen LogP contribution in [0.5, 0.6) is 17.2 Å². The Kier molecular flexibility index (Phi) is 27.9. The second-order valence-electron chi connectivity index (χ2n) is 23.9. The molecule has 496 valence electrons. The Hall–Kier alpha value is -9.40. The molecular formula is C66H87N11O15. The lowest BCUT2D eigenvalue weighted by molar-refractivity contribution is -0.143. The van der Waals surface area contributed by atoms with Crippen molar-refractivity contribution in [2.75, 3.05) is 46.4 Å². The number of fused-ring (bicyclic) bond motifs is 1. The predicted octanol–water partition coefficient (Wildman–Crippen LogP) is 1.35. The van der Waals surface area contributed by atoms with Crippen LogP contribution in [0.3, 0.4) is 0 Å². The number of hydrogen-bond acceptors (Lipinski definition) is 16. The number of aldehydes is 1. The molecule has 6 rings (SSSR count). The van der Waals surface area contributed by atoms with E-state index in [9.17, 15) is 68.7 Å². The number of aromatic hydroxyl groups is 3. The molecular weight excluding hydrogens is 1190 g/mol. The van der Waals surface area contributed by atoms with Gasteiger partial charge in [-0.05, 0) is 136 Å². The van der Waals surface area contributed by atoms with Gasteiger partial charge in [0.05, 0.1) is 25.1 Å². The predicted molar refractivity (Wildman–Crippen MR) is 340 cm³/mol. The molecule has 0 bridgehead atoms. The molecule has 2 unspecified atom stereocenters. The molecule has 1 saturated heterocycles. The van der Waals surface area contributed by atoms with E-state index in [0.29, 0.717) is 55.5 Å². The number of primary amides is 1. The summed E-state index contributed by atoms with van der Waals surface area (Å²) in [6.07, 6.45) is 3.37. The van der Waals surface area contributed by atoms with E-state index < -0.39 is 127 Å². The first-order valence-electron chi connectivity index (χ1n) is 31.0. The number of para-hydroxylation sites is 1. The first kappa shape index (κ1) is 71.7. The number of benzene rings is 4.